The second-order valence-corrected chi connectivity index (χ2v) is 4.76. The molecule has 20 heavy (non-hydrogen) atoms. The van der Waals surface area contributed by atoms with Crippen molar-refractivity contribution in [3.63, 3.8) is 0 Å². The van der Waals surface area contributed by atoms with E-state index in [0.29, 0.717) is 21.9 Å². The normalized spacial score (nSPS) is 12.2. The lowest BCUT2D eigenvalue weighted by atomic mass is 10.3. The first kappa shape index (κ1) is 15.4. The monoisotopic (exact) mass is 326 g/mol. The molecule has 0 fully saturated rings. The molecule has 0 spiro atoms. The molecule has 0 atom stereocenters. The SMILES string of the molecule is FC(F)(F)COCCn1c(CCl)nc2cccc(Cl)c21. The average molecular weight is 327 g/mol. The highest BCUT2D eigenvalue weighted by Gasteiger charge is 2.27. The Balaban J connectivity index is 2.16. The van der Waals surface area contributed by atoms with Crippen molar-refractivity contribution in [2.75, 3.05) is 13.2 Å². The van der Waals surface area contributed by atoms with Gasteiger partial charge in [-0.05, 0) is 12.1 Å². The molecule has 0 saturated carbocycles. The van der Waals surface area contributed by atoms with Gasteiger partial charge in [0.05, 0.1) is 28.5 Å². The van der Waals surface area contributed by atoms with Gasteiger partial charge in [-0.15, -0.1) is 11.6 Å². The number of halogens is 5. The van der Waals surface area contributed by atoms with Crippen molar-refractivity contribution in [1.29, 1.82) is 0 Å². The Kier molecular flexibility index (Phi) is 4.78. The maximum Gasteiger partial charge on any atom is 0.411 e. The Bertz CT molecular complexity index is 598. The van der Waals surface area contributed by atoms with E-state index in [1.807, 2.05) is 0 Å². The quantitative estimate of drug-likeness (QED) is 0.613. The number of nitrogens with zero attached hydrogens (tertiary/aromatic N) is 2. The third kappa shape index (κ3) is 3.56. The van der Waals surface area contributed by atoms with Gasteiger partial charge in [0.2, 0.25) is 0 Å². The molecule has 0 aliphatic heterocycles. The first-order valence-electron chi connectivity index (χ1n) is 5.76. The van der Waals surface area contributed by atoms with Gasteiger partial charge in [0.1, 0.15) is 12.4 Å². The van der Waals surface area contributed by atoms with E-state index < -0.39 is 12.8 Å². The summed E-state index contributed by atoms with van der Waals surface area (Å²) in [5, 5.41) is 0.474. The van der Waals surface area contributed by atoms with Gasteiger partial charge in [-0.25, -0.2) is 4.98 Å². The van der Waals surface area contributed by atoms with Gasteiger partial charge in [-0.2, -0.15) is 13.2 Å². The van der Waals surface area contributed by atoms with Crippen LogP contribution in [-0.4, -0.2) is 28.9 Å². The molecule has 3 nitrogen and oxygen atoms in total. The highest BCUT2D eigenvalue weighted by atomic mass is 35.5. The van der Waals surface area contributed by atoms with Crippen LogP contribution in [0.4, 0.5) is 13.2 Å². The number of benzene rings is 1. The maximum absolute atomic E-state index is 12.0. The van der Waals surface area contributed by atoms with Crippen LogP contribution in [0.1, 0.15) is 5.82 Å². The Hall–Kier alpha value is -0.980. The van der Waals surface area contributed by atoms with Crippen LogP contribution in [-0.2, 0) is 17.2 Å². The zero-order chi connectivity index (χ0) is 14.8. The Labute approximate surface area is 123 Å². The molecule has 2 aromatic rings. The van der Waals surface area contributed by atoms with E-state index in [9.17, 15) is 13.2 Å². The number of imidazole rings is 1. The minimum Gasteiger partial charge on any atom is -0.370 e. The van der Waals surface area contributed by atoms with Gasteiger partial charge < -0.3 is 9.30 Å². The number of rotatable bonds is 5. The van der Waals surface area contributed by atoms with Gasteiger partial charge in [0.25, 0.3) is 0 Å². The van der Waals surface area contributed by atoms with E-state index in [4.69, 9.17) is 23.2 Å². The molecule has 0 amide bonds. The molecule has 0 aliphatic rings. The molecular formula is C12H11Cl2F3N2O. The molecule has 1 aromatic carbocycles. The van der Waals surface area contributed by atoms with E-state index in [1.54, 1.807) is 22.8 Å². The van der Waals surface area contributed by atoms with Crippen LogP contribution in [0.2, 0.25) is 5.02 Å². The molecular weight excluding hydrogens is 316 g/mol. The van der Waals surface area contributed by atoms with Gasteiger partial charge in [0.15, 0.2) is 0 Å². The van der Waals surface area contributed by atoms with E-state index >= 15 is 0 Å². The minimum absolute atomic E-state index is 0.0971. The summed E-state index contributed by atoms with van der Waals surface area (Å²) in [6.07, 6.45) is -4.33. The summed E-state index contributed by atoms with van der Waals surface area (Å²) in [6.45, 7) is -1.16. The third-order valence-electron chi connectivity index (χ3n) is 2.64. The van der Waals surface area contributed by atoms with Crippen molar-refractivity contribution in [1.82, 2.24) is 9.55 Å². The molecule has 0 radical (unpaired) electrons. The lowest BCUT2D eigenvalue weighted by Gasteiger charge is -2.10. The average Bonchev–Trinajstić information content (AvgIpc) is 2.73. The number of ether oxygens (including phenoxy) is 1. The zero-order valence-electron chi connectivity index (χ0n) is 10.3. The fraction of sp³-hybridized carbons (Fsp3) is 0.417. The summed E-state index contributed by atoms with van der Waals surface area (Å²) < 4.78 is 42.3. The smallest absolute Gasteiger partial charge is 0.370 e. The topological polar surface area (TPSA) is 27.1 Å². The number of hydrogen-bond donors (Lipinski definition) is 0. The molecule has 1 heterocycles. The predicted octanol–water partition coefficient (Wildman–Crippen LogP) is 4.01. The number of aromatic nitrogens is 2. The predicted molar refractivity (Wildman–Crippen MR) is 71.2 cm³/mol. The Morgan fingerprint density at radius 1 is 1.30 bits per heavy atom. The maximum atomic E-state index is 12.0. The summed E-state index contributed by atoms with van der Waals surface area (Å²) in [5.74, 6) is 0.690. The summed E-state index contributed by atoms with van der Waals surface area (Å²) in [4.78, 5) is 4.29. The van der Waals surface area contributed by atoms with Gasteiger partial charge in [0, 0.05) is 6.54 Å². The number of para-hydroxylation sites is 1. The van der Waals surface area contributed by atoms with Crippen molar-refractivity contribution in [3.05, 3.63) is 29.0 Å². The number of fused-ring (bicyclic) bond motifs is 1. The van der Waals surface area contributed by atoms with Gasteiger partial charge >= 0.3 is 6.18 Å². The molecule has 0 N–H and O–H groups in total. The van der Waals surface area contributed by atoms with Crippen LogP contribution < -0.4 is 0 Å². The van der Waals surface area contributed by atoms with Crippen molar-refractivity contribution >= 4 is 34.2 Å². The van der Waals surface area contributed by atoms with Crippen molar-refractivity contribution in [3.8, 4) is 0 Å². The Morgan fingerprint density at radius 2 is 2.05 bits per heavy atom. The third-order valence-corrected chi connectivity index (χ3v) is 3.19. The Morgan fingerprint density at radius 3 is 2.70 bits per heavy atom. The molecule has 0 unspecified atom stereocenters. The van der Waals surface area contributed by atoms with E-state index in [-0.39, 0.29) is 19.0 Å². The molecule has 0 saturated heterocycles. The summed E-state index contributed by atoms with van der Waals surface area (Å²) >= 11 is 11.9. The standard InChI is InChI=1S/C12H11Cl2F3N2O/c13-6-10-18-9-3-1-2-8(14)11(9)19(10)4-5-20-7-12(15,16)17/h1-3H,4-7H2. The van der Waals surface area contributed by atoms with Crippen LogP contribution in [0.5, 0.6) is 0 Å². The zero-order valence-corrected chi connectivity index (χ0v) is 11.8. The molecule has 0 bridgehead atoms. The van der Waals surface area contributed by atoms with Gasteiger partial charge in [-0.1, -0.05) is 17.7 Å². The van der Waals surface area contributed by atoms with Crippen LogP contribution in [0.3, 0.4) is 0 Å². The van der Waals surface area contributed by atoms with Crippen molar-refractivity contribution in [2.45, 2.75) is 18.6 Å². The minimum atomic E-state index is -4.33. The first-order chi connectivity index (χ1) is 9.42. The van der Waals surface area contributed by atoms with Crippen molar-refractivity contribution < 1.29 is 17.9 Å². The highest BCUT2D eigenvalue weighted by Crippen LogP contribution is 2.25. The molecule has 0 aliphatic carbocycles. The highest BCUT2D eigenvalue weighted by molar-refractivity contribution is 6.35. The van der Waals surface area contributed by atoms with Crippen LogP contribution >= 0.6 is 23.2 Å². The second-order valence-electron chi connectivity index (χ2n) is 4.09. The van der Waals surface area contributed by atoms with Crippen LogP contribution in [0.15, 0.2) is 18.2 Å². The lowest BCUT2D eigenvalue weighted by Crippen LogP contribution is -2.19. The molecule has 110 valence electrons. The van der Waals surface area contributed by atoms with Crippen LogP contribution in [0, 0.1) is 0 Å². The van der Waals surface area contributed by atoms with E-state index in [0.717, 1.165) is 0 Å². The first-order valence-corrected chi connectivity index (χ1v) is 6.67. The largest absolute Gasteiger partial charge is 0.411 e. The fourth-order valence-corrected chi connectivity index (χ4v) is 2.35. The van der Waals surface area contributed by atoms with E-state index in [1.165, 1.54) is 0 Å². The summed E-state index contributed by atoms with van der Waals surface area (Å²) in [6, 6.07) is 5.21. The second kappa shape index (κ2) is 6.20. The summed E-state index contributed by atoms with van der Waals surface area (Å²) in [7, 11) is 0. The summed E-state index contributed by atoms with van der Waals surface area (Å²) in [5.41, 5.74) is 1.31. The lowest BCUT2D eigenvalue weighted by molar-refractivity contribution is -0.174. The molecule has 8 heteroatoms. The number of hydrogen-bond acceptors (Lipinski definition) is 2. The van der Waals surface area contributed by atoms with Crippen LogP contribution in [0.25, 0.3) is 11.0 Å². The fourth-order valence-electron chi connectivity index (χ4n) is 1.88. The van der Waals surface area contributed by atoms with Gasteiger partial charge in [-0.3, -0.25) is 0 Å². The van der Waals surface area contributed by atoms with Crippen molar-refractivity contribution in [2.24, 2.45) is 0 Å². The van der Waals surface area contributed by atoms with E-state index in [2.05, 4.69) is 9.72 Å². The number of alkyl halides is 4. The molecule has 2 rings (SSSR count). The molecule has 1 aromatic heterocycles.